The number of aromatic nitrogens is 1. The van der Waals surface area contributed by atoms with E-state index in [0.29, 0.717) is 19.0 Å². The molecule has 0 spiro atoms. The quantitative estimate of drug-likeness (QED) is 0.306. The van der Waals surface area contributed by atoms with E-state index in [0.717, 1.165) is 35.4 Å². The number of aryl methyl sites for hydroxylation is 2. The van der Waals surface area contributed by atoms with Gasteiger partial charge in [-0.15, -0.1) is 24.0 Å². The van der Waals surface area contributed by atoms with Crippen molar-refractivity contribution < 1.29 is 12.9 Å². The summed E-state index contributed by atoms with van der Waals surface area (Å²) < 4.78 is 30.8. The monoisotopic (exact) mass is 535 g/mol. The number of aliphatic imine (C=N–C) groups is 1. The molecule has 2 rings (SSSR count). The molecule has 0 aliphatic heterocycles. The van der Waals surface area contributed by atoms with Crippen molar-refractivity contribution in [1.82, 2.24) is 20.1 Å². The molecule has 2 aromatic rings. The van der Waals surface area contributed by atoms with Crippen LogP contribution >= 0.6 is 24.0 Å². The van der Waals surface area contributed by atoms with Crippen molar-refractivity contribution in [2.75, 3.05) is 21.1 Å². The van der Waals surface area contributed by atoms with Gasteiger partial charge in [-0.3, -0.25) is 4.99 Å². The van der Waals surface area contributed by atoms with Crippen LogP contribution in [0.25, 0.3) is 0 Å². The minimum absolute atomic E-state index is 0. The molecule has 0 atom stereocenters. The molecule has 162 valence electrons. The number of rotatable bonds is 8. The van der Waals surface area contributed by atoms with Gasteiger partial charge in [-0.05, 0) is 24.1 Å². The Balaban J connectivity index is 0.00000420. The molecule has 8 nitrogen and oxygen atoms in total. The summed E-state index contributed by atoms with van der Waals surface area (Å²) in [5, 5.41) is 10.6. The lowest BCUT2D eigenvalue weighted by atomic mass is 10.1. The molecule has 0 bridgehead atoms. The smallest absolute Gasteiger partial charge is 0.242 e. The number of sulfonamides is 1. The average Bonchev–Trinajstić information content (AvgIpc) is 3.10. The van der Waals surface area contributed by atoms with E-state index >= 15 is 0 Å². The predicted molar refractivity (Wildman–Crippen MR) is 125 cm³/mol. The van der Waals surface area contributed by atoms with Crippen LogP contribution in [0.3, 0.4) is 0 Å². The standard InChI is InChI=1S/C19H29N5O3S.HI/c1-6-17-16(18(7-2)27-23-17)13-22-19(20-3)21-12-14-8-10-15(11-9-14)28(25,26)24(4)5;/h8-11H,6-7,12-13H2,1-5H3,(H2,20,21,22);1H. The van der Waals surface area contributed by atoms with Gasteiger partial charge in [-0.25, -0.2) is 12.7 Å². The molecular formula is C19H30IN5O3S. The van der Waals surface area contributed by atoms with Gasteiger partial charge in [0.25, 0.3) is 0 Å². The summed E-state index contributed by atoms with van der Waals surface area (Å²) in [5.41, 5.74) is 2.98. The van der Waals surface area contributed by atoms with E-state index in [-0.39, 0.29) is 28.9 Å². The Morgan fingerprint density at radius 2 is 1.72 bits per heavy atom. The van der Waals surface area contributed by atoms with Crippen LogP contribution in [0, 0.1) is 0 Å². The molecule has 1 aromatic heterocycles. The van der Waals surface area contributed by atoms with Crippen molar-refractivity contribution in [2.24, 2.45) is 4.99 Å². The van der Waals surface area contributed by atoms with E-state index in [9.17, 15) is 8.42 Å². The molecule has 0 amide bonds. The molecule has 0 saturated carbocycles. The third kappa shape index (κ3) is 6.41. The van der Waals surface area contributed by atoms with Crippen molar-refractivity contribution in [2.45, 2.75) is 44.7 Å². The molecule has 0 saturated heterocycles. The van der Waals surface area contributed by atoms with Crippen molar-refractivity contribution in [3.05, 3.63) is 46.8 Å². The summed E-state index contributed by atoms with van der Waals surface area (Å²) in [5.74, 6) is 1.53. The maximum absolute atomic E-state index is 12.1. The van der Waals surface area contributed by atoms with Gasteiger partial charge >= 0.3 is 0 Å². The normalized spacial score (nSPS) is 12.0. The zero-order valence-electron chi connectivity index (χ0n) is 17.5. The predicted octanol–water partition coefficient (Wildman–Crippen LogP) is 2.53. The molecule has 0 aliphatic rings. The Labute approximate surface area is 190 Å². The van der Waals surface area contributed by atoms with Crippen LogP contribution in [-0.4, -0.2) is 45.0 Å². The van der Waals surface area contributed by atoms with Gasteiger partial charge in [0.05, 0.1) is 10.6 Å². The van der Waals surface area contributed by atoms with Crippen LogP contribution in [0.4, 0.5) is 0 Å². The van der Waals surface area contributed by atoms with Crippen LogP contribution in [0.15, 0.2) is 38.7 Å². The molecular weight excluding hydrogens is 505 g/mol. The van der Waals surface area contributed by atoms with E-state index in [4.69, 9.17) is 4.52 Å². The first-order valence-electron chi connectivity index (χ1n) is 9.25. The Bertz CT molecular complexity index is 887. The number of hydrogen-bond donors (Lipinski definition) is 2. The zero-order valence-corrected chi connectivity index (χ0v) is 20.7. The fourth-order valence-electron chi connectivity index (χ4n) is 2.71. The highest BCUT2D eigenvalue weighted by Crippen LogP contribution is 2.16. The van der Waals surface area contributed by atoms with Gasteiger partial charge in [0, 0.05) is 46.2 Å². The largest absolute Gasteiger partial charge is 0.361 e. The average molecular weight is 535 g/mol. The highest BCUT2D eigenvalue weighted by Gasteiger charge is 2.16. The summed E-state index contributed by atoms with van der Waals surface area (Å²) >= 11 is 0. The van der Waals surface area contributed by atoms with Gasteiger partial charge in [-0.2, -0.15) is 0 Å². The Morgan fingerprint density at radius 3 is 2.24 bits per heavy atom. The third-order valence-electron chi connectivity index (χ3n) is 4.43. The van der Waals surface area contributed by atoms with Crippen molar-refractivity contribution >= 4 is 40.0 Å². The lowest BCUT2D eigenvalue weighted by molar-refractivity contribution is 0.380. The van der Waals surface area contributed by atoms with E-state index in [1.54, 1.807) is 31.3 Å². The molecule has 1 aromatic carbocycles. The van der Waals surface area contributed by atoms with Crippen LogP contribution in [-0.2, 0) is 36.0 Å². The zero-order chi connectivity index (χ0) is 20.7. The minimum atomic E-state index is -3.41. The Kier molecular flexibility index (Phi) is 10.1. The summed E-state index contributed by atoms with van der Waals surface area (Å²) in [4.78, 5) is 4.51. The van der Waals surface area contributed by atoms with Crippen molar-refractivity contribution in [1.29, 1.82) is 0 Å². The number of nitrogens with zero attached hydrogens (tertiary/aromatic N) is 3. The van der Waals surface area contributed by atoms with Gasteiger partial charge < -0.3 is 15.2 Å². The third-order valence-corrected chi connectivity index (χ3v) is 6.25. The lowest BCUT2D eigenvalue weighted by Gasteiger charge is -2.14. The minimum Gasteiger partial charge on any atom is -0.361 e. The number of halogens is 1. The Morgan fingerprint density at radius 1 is 1.10 bits per heavy atom. The fourth-order valence-corrected chi connectivity index (χ4v) is 3.61. The highest BCUT2D eigenvalue weighted by atomic mass is 127. The molecule has 0 unspecified atom stereocenters. The maximum Gasteiger partial charge on any atom is 0.242 e. The number of benzene rings is 1. The van der Waals surface area contributed by atoms with E-state index in [2.05, 4.69) is 20.8 Å². The lowest BCUT2D eigenvalue weighted by Crippen LogP contribution is -2.36. The highest BCUT2D eigenvalue weighted by molar-refractivity contribution is 14.0. The first-order chi connectivity index (χ1) is 13.3. The van der Waals surface area contributed by atoms with E-state index in [1.165, 1.54) is 18.4 Å². The van der Waals surface area contributed by atoms with Crippen LogP contribution in [0.2, 0.25) is 0 Å². The van der Waals surface area contributed by atoms with Gasteiger partial charge in [-0.1, -0.05) is 31.1 Å². The molecule has 29 heavy (non-hydrogen) atoms. The molecule has 10 heteroatoms. The van der Waals surface area contributed by atoms with Crippen LogP contribution in [0.5, 0.6) is 0 Å². The number of hydrogen-bond acceptors (Lipinski definition) is 5. The first-order valence-corrected chi connectivity index (χ1v) is 10.7. The Hall–Kier alpha value is -1.66. The SMILES string of the molecule is CCc1noc(CC)c1CNC(=NC)NCc1ccc(S(=O)(=O)N(C)C)cc1.I. The second-order valence-corrected chi connectivity index (χ2v) is 8.60. The molecule has 1 heterocycles. The fraction of sp³-hybridized carbons (Fsp3) is 0.474. The van der Waals surface area contributed by atoms with Gasteiger partial charge in [0.1, 0.15) is 5.76 Å². The van der Waals surface area contributed by atoms with E-state index in [1.807, 2.05) is 13.8 Å². The second kappa shape index (κ2) is 11.5. The first kappa shape index (κ1) is 25.4. The maximum atomic E-state index is 12.1. The van der Waals surface area contributed by atoms with Crippen molar-refractivity contribution in [3.63, 3.8) is 0 Å². The number of nitrogens with one attached hydrogen (secondary N) is 2. The van der Waals surface area contributed by atoms with E-state index < -0.39 is 10.0 Å². The summed E-state index contributed by atoms with van der Waals surface area (Å²) in [6.07, 6.45) is 1.60. The van der Waals surface area contributed by atoms with Crippen molar-refractivity contribution in [3.8, 4) is 0 Å². The topological polar surface area (TPSA) is 99.8 Å². The van der Waals surface area contributed by atoms with Crippen LogP contribution in [0.1, 0.15) is 36.4 Å². The molecule has 0 radical (unpaired) electrons. The summed E-state index contributed by atoms with van der Waals surface area (Å²) in [7, 11) is 1.33. The summed E-state index contributed by atoms with van der Waals surface area (Å²) in [6, 6.07) is 6.81. The molecule has 0 fully saturated rings. The van der Waals surface area contributed by atoms with Crippen LogP contribution < -0.4 is 10.6 Å². The summed E-state index contributed by atoms with van der Waals surface area (Å²) in [6.45, 7) is 5.19. The van der Waals surface area contributed by atoms with Gasteiger partial charge in [0.15, 0.2) is 5.96 Å². The molecule has 2 N–H and O–H groups in total. The molecule has 0 aliphatic carbocycles. The second-order valence-electron chi connectivity index (χ2n) is 6.45. The van der Waals surface area contributed by atoms with Gasteiger partial charge in [0.2, 0.25) is 10.0 Å². The number of guanidine groups is 1.